The lowest BCUT2D eigenvalue weighted by Gasteiger charge is -2.05. The van der Waals surface area contributed by atoms with Gasteiger partial charge in [-0.1, -0.05) is 18.7 Å². The largest absolute Gasteiger partial charge is 0.373 e. The van der Waals surface area contributed by atoms with Crippen LogP contribution in [-0.4, -0.2) is 26.8 Å². The van der Waals surface area contributed by atoms with Crippen molar-refractivity contribution in [3.05, 3.63) is 34.4 Å². The number of aromatic amines is 1. The highest BCUT2D eigenvalue weighted by atomic mass is 32.2. The lowest BCUT2D eigenvalue weighted by atomic mass is 10.3. The molecule has 0 amide bonds. The average Bonchev–Trinajstić information content (AvgIpc) is 2.78. The first-order valence-electron chi connectivity index (χ1n) is 6.15. The molecule has 0 saturated carbocycles. The Morgan fingerprint density at radius 2 is 2.37 bits per heavy atom. The smallest absolute Gasteiger partial charge is 0.343 e. The molecule has 0 aliphatic rings. The second-order valence-electron chi connectivity index (χ2n) is 4.05. The van der Waals surface area contributed by atoms with Crippen molar-refractivity contribution in [3.8, 4) is 0 Å². The predicted molar refractivity (Wildman–Crippen MR) is 76.5 cm³/mol. The van der Waals surface area contributed by atoms with Gasteiger partial charge in [0.15, 0.2) is 5.16 Å². The van der Waals surface area contributed by atoms with Crippen molar-refractivity contribution in [2.24, 2.45) is 0 Å². The van der Waals surface area contributed by atoms with E-state index in [4.69, 9.17) is 0 Å². The molecule has 2 aromatic heterocycles. The molecule has 102 valence electrons. The molecule has 0 spiro atoms. The van der Waals surface area contributed by atoms with Crippen molar-refractivity contribution in [2.45, 2.75) is 30.8 Å². The number of nitrogens with one attached hydrogen (secondary N) is 2. The summed E-state index contributed by atoms with van der Waals surface area (Å²) in [5.41, 5.74) is 0.998. The summed E-state index contributed by atoms with van der Waals surface area (Å²) in [5, 5.41) is 10.3. The van der Waals surface area contributed by atoms with Crippen LogP contribution in [-0.2, 0) is 12.3 Å². The van der Waals surface area contributed by atoms with Crippen molar-refractivity contribution in [1.82, 2.24) is 19.7 Å². The number of rotatable bonds is 6. The summed E-state index contributed by atoms with van der Waals surface area (Å²) >= 11 is 1.55. The molecular formula is C12H17N5OS. The van der Waals surface area contributed by atoms with Crippen LogP contribution in [0.5, 0.6) is 0 Å². The Hall–Kier alpha value is -1.76. The maximum Gasteiger partial charge on any atom is 0.343 e. The third-order valence-corrected chi connectivity index (χ3v) is 3.67. The molecule has 0 saturated heterocycles. The molecule has 0 bridgehead atoms. The van der Waals surface area contributed by atoms with Gasteiger partial charge in [-0.25, -0.2) is 14.9 Å². The molecule has 7 heteroatoms. The third kappa shape index (κ3) is 3.37. The van der Waals surface area contributed by atoms with E-state index >= 15 is 0 Å². The Bertz CT molecular complexity index is 592. The van der Waals surface area contributed by atoms with Crippen LogP contribution >= 0.6 is 11.8 Å². The van der Waals surface area contributed by atoms with E-state index in [1.54, 1.807) is 22.5 Å². The normalized spacial score (nSPS) is 10.6. The van der Waals surface area contributed by atoms with Crippen molar-refractivity contribution in [3.63, 3.8) is 0 Å². The molecule has 2 aromatic rings. The van der Waals surface area contributed by atoms with Gasteiger partial charge < -0.3 is 5.32 Å². The number of aromatic nitrogens is 4. The highest BCUT2D eigenvalue weighted by molar-refractivity contribution is 7.98. The fourth-order valence-electron chi connectivity index (χ4n) is 1.68. The summed E-state index contributed by atoms with van der Waals surface area (Å²) in [6.45, 7) is 2.73. The zero-order valence-electron chi connectivity index (χ0n) is 11.0. The van der Waals surface area contributed by atoms with Crippen LogP contribution in [0.25, 0.3) is 0 Å². The average molecular weight is 279 g/mol. The van der Waals surface area contributed by atoms with Crippen molar-refractivity contribution >= 4 is 17.6 Å². The van der Waals surface area contributed by atoms with Crippen LogP contribution in [0.15, 0.2) is 28.3 Å². The van der Waals surface area contributed by atoms with Gasteiger partial charge in [0.05, 0.1) is 0 Å². The van der Waals surface area contributed by atoms with Gasteiger partial charge in [-0.05, 0) is 24.1 Å². The van der Waals surface area contributed by atoms with E-state index in [-0.39, 0.29) is 5.69 Å². The number of H-pyrrole nitrogens is 1. The van der Waals surface area contributed by atoms with Crippen LogP contribution in [0.2, 0.25) is 0 Å². The second kappa shape index (κ2) is 6.42. The minimum Gasteiger partial charge on any atom is -0.373 e. The molecule has 2 heterocycles. The molecule has 0 radical (unpaired) electrons. The highest BCUT2D eigenvalue weighted by Gasteiger charge is 2.08. The fraction of sp³-hybridized carbons (Fsp3) is 0.417. The zero-order chi connectivity index (χ0) is 13.7. The first-order chi connectivity index (χ1) is 9.24. The lowest BCUT2D eigenvalue weighted by molar-refractivity contribution is 0.604. The van der Waals surface area contributed by atoms with Gasteiger partial charge in [0.2, 0.25) is 0 Å². The van der Waals surface area contributed by atoms with Gasteiger partial charge >= 0.3 is 5.69 Å². The molecule has 0 unspecified atom stereocenters. The van der Waals surface area contributed by atoms with E-state index in [9.17, 15) is 4.79 Å². The Balaban J connectivity index is 2.07. The fourth-order valence-corrected chi connectivity index (χ4v) is 2.60. The number of hydrogen-bond donors (Lipinski definition) is 2. The summed E-state index contributed by atoms with van der Waals surface area (Å²) in [4.78, 5) is 15.7. The van der Waals surface area contributed by atoms with Gasteiger partial charge in [0, 0.05) is 25.5 Å². The Labute approximate surface area is 115 Å². The summed E-state index contributed by atoms with van der Waals surface area (Å²) in [7, 11) is 1.84. The summed E-state index contributed by atoms with van der Waals surface area (Å²) in [6.07, 6.45) is 2.68. The maximum atomic E-state index is 11.6. The number of thioether (sulfide) groups is 1. The van der Waals surface area contributed by atoms with Crippen LogP contribution < -0.4 is 11.0 Å². The predicted octanol–water partition coefficient (Wildman–Crippen LogP) is 1.71. The molecule has 0 aliphatic carbocycles. The van der Waals surface area contributed by atoms with E-state index < -0.39 is 0 Å². The molecule has 0 atom stereocenters. The number of nitrogens with zero attached hydrogens (tertiary/aromatic N) is 3. The van der Waals surface area contributed by atoms with Gasteiger partial charge in [-0.15, -0.1) is 5.10 Å². The SMILES string of the molecule is CCCn1c(SCc2ccnc(NC)c2)n[nH]c1=O. The molecule has 6 nitrogen and oxygen atoms in total. The van der Waals surface area contributed by atoms with Crippen LogP contribution in [0, 0.1) is 0 Å². The van der Waals surface area contributed by atoms with Crippen LogP contribution in [0.1, 0.15) is 18.9 Å². The number of pyridine rings is 1. The highest BCUT2D eigenvalue weighted by Crippen LogP contribution is 2.20. The standard InChI is InChI=1S/C12H17N5OS/c1-3-6-17-11(18)15-16-12(17)19-8-9-4-5-14-10(7-9)13-2/h4-5,7H,3,6,8H2,1-2H3,(H,13,14)(H,15,18). The maximum absolute atomic E-state index is 11.6. The van der Waals surface area contributed by atoms with Gasteiger partial charge in [0.25, 0.3) is 0 Å². The van der Waals surface area contributed by atoms with Crippen molar-refractivity contribution in [1.29, 1.82) is 0 Å². The van der Waals surface area contributed by atoms with Gasteiger partial charge in [-0.3, -0.25) is 4.57 Å². The van der Waals surface area contributed by atoms with Crippen molar-refractivity contribution in [2.75, 3.05) is 12.4 Å². The summed E-state index contributed by atoms with van der Waals surface area (Å²) in [6, 6.07) is 3.95. The Morgan fingerprint density at radius 3 is 3.11 bits per heavy atom. The van der Waals surface area contributed by atoms with E-state index in [1.165, 1.54) is 0 Å². The molecule has 19 heavy (non-hydrogen) atoms. The van der Waals surface area contributed by atoms with Crippen LogP contribution in [0.4, 0.5) is 5.82 Å². The first-order valence-corrected chi connectivity index (χ1v) is 7.14. The molecule has 2 N–H and O–H groups in total. The third-order valence-electron chi connectivity index (χ3n) is 2.62. The molecule has 0 aromatic carbocycles. The lowest BCUT2D eigenvalue weighted by Crippen LogP contribution is -2.17. The van der Waals surface area contributed by atoms with Gasteiger partial charge in [-0.2, -0.15) is 0 Å². The topological polar surface area (TPSA) is 75.6 Å². The minimum absolute atomic E-state index is 0.144. The number of hydrogen-bond acceptors (Lipinski definition) is 5. The summed E-state index contributed by atoms with van der Waals surface area (Å²) < 4.78 is 1.67. The molecule has 0 aliphatic heterocycles. The molecular weight excluding hydrogens is 262 g/mol. The monoisotopic (exact) mass is 279 g/mol. The molecule has 2 rings (SSSR count). The van der Waals surface area contributed by atoms with E-state index in [2.05, 4.69) is 20.5 Å². The first kappa shape index (κ1) is 13.7. The molecule has 0 fully saturated rings. The Morgan fingerprint density at radius 1 is 1.53 bits per heavy atom. The Kier molecular flexibility index (Phi) is 4.62. The van der Waals surface area contributed by atoms with E-state index in [1.807, 2.05) is 26.1 Å². The quantitative estimate of drug-likeness (QED) is 0.787. The number of anilines is 1. The van der Waals surface area contributed by atoms with Gasteiger partial charge in [0.1, 0.15) is 5.82 Å². The van der Waals surface area contributed by atoms with Crippen molar-refractivity contribution < 1.29 is 0 Å². The minimum atomic E-state index is -0.144. The van der Waals surface area contributed by atoms with Crippen LogP contribution in [0.3, 0.4) is 0 Å². The van der Waals surface area contributed by atoms with E-state index in [0.29, 0.717) is 6.54 Å². The second-order valence-corrected chi connectivity index (χ2v) is 4.99. The summed E-state index contributed by atoms with van der Waals surface area (Å²) in [5.74, 6) is 1.59. The zero-order valence-corrected chi connectivity index (χ0v) is 11.8. The van der Waals surface area contributed by atoms with E-state index in [0.717, 1.165) is 28.7 Å².